The Hall–Kier alpha value is -0.200. The molecule has 1 N–H and O–H groups in total. The van der Waals surface area contributed by atoms with Crippen molar-refractivity contribution in [3.05, 3.63) is 11.7 Å². The molecule has 4 nitrogen and oxygen atoms in total. The molecule has 108 valence electrons. The zero-order valence-electron chi connectivity index (χ0n) is 12.0. The molecule has 1 fully saturated rings. The maximum atomic E-state index is 5.42. The number of hydrogen-bond acceptors (Lipinski definition) is 6. The molecule has 2 heterocycles. The molecule has 6 heteroatoms. The summed E-state index contributed by atoms with van der Waals surface area (Å²) in [5.74, 6) is 4.58. The van der Waals surface area contributed by atoms with E-state index in [0.717, 1.165) is 18.1 Å². The van der Waals surface area contributed by atoms with E-state index in [4.69, 9.17) is 4.52 Å². The number of thioether (sulfide) groups is 2. The standard InChI is InChI=1S/C13H23N3OS2/c1-8(2)10(14-4)7-11-15-13(16-17-11)12-9(3)18-5-6-19-12/h8-10,12,14H,5-7H2,1-4H3. The smallest absolute Gasteiger partial charge is 0.228 e. The molecule has 1 aliphatic rings. The van der Waals surface area contributed by atoms with Crippen LogP contribution in [0.5, 0.6) is 0 Å². The summed E-state index contributed by atoms with van der Waals surface area (Å²) in [6.45, 7) is 6.66. The van der Waals surface area contributed by atoms with E-state index in [9.17, 15) is 0 Å². The van der Waals surface area contributed by atoms with Gasteiger partial charge >= 0.3 is 0 Å². The van der Waals surface area contributed by atoms with Gasteiger partial charge in [-0.15, -0.1) is 11.8 Å². The highest BCUT2D eigenvalue weighted by Crippen LogP contribution is 2.41. The quantitative estimate of drug-likeness (QED) is 0.902. The molecular formula is C13H23N3OS2. The highest BCUT2D eigenvalue weighted by molar-refractivity contribution is 8.06. The Bertz CT molecular complexity index is 397. The van der Waals surface area contributed by atoms with Crippen molar-refractivity contribution >= 4 is 23.5 Å². The topological polar surface area (TPSA) is 51.0 Å². The molecule has 1 saturated heterocycles. The van der Waals surface area contributed by atoms with E-state index in [1.165, 1.54) is 11.5 Å². The van der Waals surface area contributed by atoms with Crippen LogP contribution in [0.4, 0.5) is 0 Å². The van der Waals surface area contributed by atoms with Gasteiger partial charge in [0.2, 0.25) is 5.89 Å². The zero-order valence-corrected chi connectivity index (χ0v) is 13.7. The maximum absolute atomic E-state index is 5.42. The summed E-state index contributed by atoms with van der Waals surface area (Å²) in [6.07, 6.45) is 0.806. The Morgan fingerprint density at radius 1 is 1.37 bits per heavy atom. The van der Waals surface area contributed by atoms with Crippen molar-refractivity contribution in [1.82, 2.24) is 15.5 Å². The summed E-state index contributed by atoms with van der Waals surface area (Å²) < 4.78 is 5.42. The predicted octanol–water partition coefficient (Wildman–Crippen LogP) is 2.77. The lowest BCUT2D eigenvalue weighted by Gasteiger charge is -2.24. The second-order valence-corrected chi connectivity index (χ2v) is 7.99. The summed E-state index contributed by atoms with van der Waals surface area (Å²) in [6, 6.07) is 0.388. The lowest BCUT2D eigenvalue weighted by molar-refractivity contribution is 0.333. The lowest BCUT2D eigenvalue weighted by Crippen LogP contribution is -2.32. The number of nitrogens with one attached hydrogen (secondary N) is 1. The van der Waals surface area contributed by atoms with Crippen LogP contribution in [0.3, 0.4) is 0 Å². The van der Waals surface area contributed by atoms with E-state index < -0.39 is 0 Å². The van der Waals surface area contributed by atoms with Crippen LogP contribution < -0.4 is 5.32 Å². The minimum atomic E-state index is 0.378. The number of hydrogen-bond donors (Lipinski definition) is 1. The predicted molar refractivity (Wildman–Crippen MR) is 82.8 cm³/mol. The summed E-state index contributed by atoms with van der Waals surface area (Å²) >= 11 is 3.95. The molecule has 0 aromatic carbocycles. The van der Waals surface area contributed by atoms with Gasteiger partial charge in [0.25, 0.3) is 0 Å². The molecule has 0 amide bonds. The molecule has 1 aromatic heterocycles. The summed E-state index contributed by atoms with van der Waals surface area (Å²) in [5, 5.41) is 8.44. The molecule has 3 atom stereocenters. The van der Waals surface area contributed by atoms with Gasteiger partial charge in [-0.1, -0.05) is 25.9 Å². The zero-order chi connectivity index (χ0) is 13.8. The minimum Gasteiger partial charge on any atom is -0.339 e. The Morgan fingerprint density at radius 2 is 2.11 bits per heavy atom. The molecule has 0 radical (unpaired) electrons. The van der Waals surface area contributed by atoms with E-state index >= 15 is 0 Å². The third-order valence-corrected chi connectivity index (χ3v) is 6.58. The van der Waals surface area contributed by atoms with Crippen LogP contribution in [-0.2, 0) is 6.42 Å². The Kier molecular flexibility index (Phi) is 5.59. The fraction of sp³-hybridized carbons (Fsp3) is 0.846. The van der Waals surface area contributed by atoms with E-state index in [-0.39, 0.29) is 0 Å². The molecule has 0 saturated carbocycles. The second kappa shape index (κ2) is 6.99. The van der Waals surface area contributed by atoms with Crippen molar-refractivity contribution in [3.63, 3.8) is 0 Å². The van der Waals surface area contributed by atoms with Gasteiger partial charge in [-0.25, -0.2) is 0 Å². The van der Waals surface area contributed by atoms with Crippen molar-refractivity contribution in [2.45, 2.75) is 43.7 Å². The van der Waals surface area contributed by atoms with Crippen LogP contribution in [0, 0.1) is 5.92 Å². The number of likely N-dealkylation sites (N-methyl/N-ethyl adjacent to an activating group) is 1. The monoisotopic (exact) mass is 301 g/mol. The number of aromatic nitrogens is 2. The van der Waals surface area contributed by atoms with Gasteiger partial charge in [-0.05, 0) is 13.0 Å². The van der Waals surface area contributed by atoms with Gasteiger partial charge in [-0.3, -0.25) is 0 Å². The summed E-state index contributed by atoms with van der Waals surface area (Å²) in [4.78, 5) is 4.60. The molecule has 1 aromatic rings. The Morgan fingerprint density at radius 3 is 2.74 bits per heavy atom. The maximum Gasteiger partial charge on any atom is 0.228 e. The van der Waals surface area contributed by atoms with Gasteiger partial charge in [-0.2, -0.15) is 16.7 Å². The van der Waals surface area contributed by atoms with Gasteiger partial charge in [0.1, 0.15) is 0 Å². The van der Waals surface area contributed by atoms with Crippen LogP contribution in [0.1, 0.15) is 37.7 Å². The van der Waals surface area contributed by atoms with Crippen molar-refractivity contribution in [1.29, 1.82) is 0 Å². The van der Waals surface area contributed by atoms with Crippen molar-refractivity contribution < 1.29 is 4.52 Å². The molecular weight excluding hydrogens is 278 g/mol. The SMILES string of the molecule is CNC(Cc1nc(C2SCCSC2C)no1)C(C)C. The first-order chi connectivity index (χ1) is 9.11. The van der Waals surface area contributed by atoms with Crippen LogP contribution >= 0.6 is 23.5 Å². The first-order valence-electron chi connectivity index (χ1n) is 6.84. The molecule has 19 heavy (non-hydrogen) atoms. The first-order valence-corrected chi connectivity index (χ1v) is 8.94. The van der Waals surface area contributed by atoms with E-state index in [1.54, 1.807) is 0 Å². The van der Waals surface area contributed by atoms with Gasteiger partial charge in [0.05, 0.1) is 5.25 Å². The number of rotatable bonds is 5. The lowest BCUT2D eigenvalue weighted by atomic mass is 10.0. The van der Waals surface area contributed by atoms with Crippen LogP contribution in [-0.4, -0.2) is 40.0 Å². The molecule has 0 spiro atoms. The van der Waals surface area contributed by atoms with Crippen molar-refractivity contribution in [3.8, 4) is 0 Å². The average Bonchev–Trinajstić information content (AvgIpc) is 2.84. The summed E-state index contributed by atoms with van der Waals surface area (Å²) in [5.41, 5.74) is 0. The third kappa shape index (κ3) is 3.89. The highest BCUT2D eigenvalue weighted by atomic mass is 32.2. The highest BCUT2D eigenvalue weighted by Gasteiger charge is 2.28. The van der Waals surface area contributed by atoms with E-state index in [2.05, 4.69) is 36.2 Å². The molecule has 2 rings (SSSR count). The largest absolute Gasteiger partial charge is 0.339 e. The van der Waals surface area contributed by atoms with E-state index in [1.807, 2.05) is 30.6 Å². The number of nitrogens with zero attached hydrogens (tertiary/aromatic N) is 2. The molecule has 0 bridgehead atoms. The Balaban J connectivity index is 2.02. The third-order valence-electron chi connectivity index (χ3n) is 3.50. The average molecular weight is 301 g/mol. The van der Waals surface area contributed by atoms with Crippen LogP contribution in [0.25, 0.3) is 0 Å². The fourth-order valence-electron chi connectivity index (χ4n) is 2.24. The van der Waals surface area contributed by atoms with Gasteiger partial charge in [0.15, 0.2) is 5.82 Å². The summed E-state index contributed by atoms with van der Waals surface area (Å²) in [7, 11) is 1.98. The van der Waals surface area contributed by atoms with Crippen molar-refractivity contribution in [2.24, 2.45) is 5.92 Å². The minimum absolute atomic E-state index is 0.378. The van der Waals surface area contributed by atoms with Gasteiger partial charge in [0, 0.05) is 29.2 Å². The second-order valence-electron chi connectivity index (χ2n) is 5.26. The molecule has 3 unspecified atom stereocenters. The van der Waals surface area contributed by atoms with Crippen LogP contribution in [0.2, 0.25) is 0 Å². The van der Waals surface area contributed by atoms with E-state index in [0.29, 0.717) is 22.5 Å². The van der Waals surface area contributed by atoms with Crippen LogP contribution in [0.15, 0.2) is 4.52 Å². The fourth-order valence-corrected chi connectivity index (χ4v) is 4.92. The van der Waals surface area contributed by atoms with Crippen molar-refractivity contribution in [2.75, 3.05) is 18.6 Å². The van der Waals surface area contributed by atoms with Gasteiger partial charge < -0.3 is 9.84 Å². The first kappa shape index (κ1) is 15.2. The normalized spacial score (nSPS) is 25.7. The Labute approximate surface area is 123 Å². The molecule has 1 aliphatic heterocycles. The molecule has 0 aliphatic carbocycles.